The van der Waals surface area contributed by atoms with Crippen LogP contribution in [0.4, 0.5) is 5.69 Å². The highest BCUT2D eigenvalue weighted by Gasteiger charge is 2.20. The fourth-order valence-electron chi connectivity index (χ4n) is 4.38. The van der Waals surface area contributed by atoms with Gasteiger partial charge in [0.15, 0.2) is 0 Å². The molecule has 1 aliphatic heterocycles. The molecule has 1 aromatic carbocycles. The van der Waals surface area contributed by atoms with E-state index in [0.29, 0.717) is 37.7 Å². The van der Waals surface area contributed by atoms with Gasteiger partial charge in [-0.1, -0.05) is 19.4 Å². The van der Waals surface area contributed by atoms with E-state index in [2.05, 4.69) is 17.1 Å². The average Bonchev–Trinajstić information content (AvgIpc) is 2.67. The Morgan fingerprint density at radius 1 is 1.17 bits per heavy atom. The van der Waals surface area contributed by atoms with E-state index in [4.69, 9.17) is 0 Å². The summed E-state index contributed by atoms with van der Waals surface area (Å²) in [5, 5.41) is 2.99. The largest absolute Gasteiger partial charge is 0.356 e. The van der Waals surface area contributed by atoms with Gasteiger partial charge in [-0.2, -0.15) is 0 Å². The van der Waals surface area contributed by atoms with Gasteiger partial charge in [-0.25, -0.2) is 8.42 Å². The highest BCUT2D eigenvalue weighted by atomic mass is 32.2. The first kappa shape index (κ1) is 24.7. The van der Waals surface area contributed by atoms with Crippen molar-refractivity contribution in [3.8, 4) is 0 Å². The normalized spacial score (nSPS) is 17.7. The summed E-state index contributed by atoms with van der Waals surface area (Å²) in [5.74, 6) is -0.00504. The summed E-state index contributed by atoms with van der Waals surface area (Å²) < 4.78 is 25.9. The number of carbonyl (C=O) groups excluding carboxylic acids is 1. The molecule has 1 aromatic rings. The molecule has 1 amide bonds. The quantitative estimate of drug-likeness (QED) is 0.537. The molecule has 1 N–H and O–H groups in total. The molecule has 0 aromatic heterocycles. The summed E-state index contributed by atoms with van der Waals surface area (Å²) in [7, 11) is -3.39. The first-order valence-corrected chi connectivity index (χ1v) is 13.1. The number of nitrogens with one attached hydrogen (secondary N) is 1. The lowest BCUT2D eigenvalue weighted by atomic mass is 10.00. The molecule has 0 unspecified atom stereocenters. The van der Waals surface area contributed by atoms with Crippen molar-refractivity contribution < 1.29 is 13.2 Å². The fourth-order valence-corrected chi connectivity index (χ4v) is 5.33. The minimum Gasteiger partial charge on any atom is -0.356 e. The first-order valence-electron chi connectivity index (χ1n) is 11.3. The monoisotopic (exact) mass is 437 g/mol. The number of benzene rings is 1. The van der Waals surface area contributed by atoms with Crippen molar-refractivity contribution in [2.24, 2.45) is 0 Å². The third-order valence-corrected chi connectivity index (χ3v) is 7.02. The van der Waals surface area contributed by atoms with Gasteiger partial charge >= 0.3 is 0 Å². The second-order valence-electron chi connectivity index (χ2n) is 8.58. The van der Waals surface area contributed by atoms with Crippen LogP contribution >= 0.6 is 0 Å². The number of hydrogen-bond donors (Lipinski definition) is 1. The zero-order valence-corrected chi connectivity index (χ0v) is 19.9. The molecule has 0 spiro atoms. The van der Waals surface area contributed by atoms with Gasteiger partial charge in [0.2, 0.25) is 15.9 Å². The van der Waals surface area contributed by atoms with E-state index in [1.807, 2.05) is 32.0 Å². The number of hydrogen-bond acceptors (Lipinski definition) is 4. The number of aryl methyl sites for hydroxylation is 2. The Kier molecular flexibility index (Phi) is 9.62. The minimum absolute atomic E-state index is 0.00504. The summed E-state index contributed by atoms with van der Waals surface area (Å²) >= 11 is 0. The molecule has 2 rings (SSSR count). The van der Waals surface area contributed by atoms with Crippen LogP contribution in [-0.2, 0) is 14.8 Å². The standard InChI is InChI=1S/C23H39N3O3S/c1-5-21-10-6-7-13-25(21)14-9-12-24-23(27)11-8-15-26(30(4,28)29)22-17-19(2)16-20(3)18-22/h16-18,21H,5-15H2,1-4H3,(H,24,27)/t21-/m1/s1. The van der Waals surface area contributed by atoms with Crippen LogP contribution in [0.1, 0.15) is 63.0 Å². The molecule has 1 heterocycles. The van der Waals surface area contributed by atoms with E-state index in [1.54, 1.807) is 0 Å². The van der Waals surface area contributed by atoms with Crippen molar-refractivity contribution in [1.29, 1.82) is 0 Å². The van der Waals surface area contributed by atoms with E-state index in [1.165, 1.54) is 42.8 Å². The van der Waals surface area contributed by atoms with Crippen LogP contribution in [0.5, 0.6) is 0 Å². The second-order valence-corrected chi connectivity index (χ2v) is 10.5. The summed E-state index contributed by atoms with van der Waals surface area (Å²) in [6, 6.07) is 6.46. The molecule has 1 atom stereocenters. The van der Waals surface area contributed by atoms with Crippen molar-refractivity contribution in [1.82, 2.24) is 10.2 Å². The van der Waals surface area contributed by atoms with E-state index >= 15 is 0 Å². The van der Waals surface area contributed by atoms with E-state index in [-0.39, 0.29) is 5.91 Å². The number of carbonyl (C=O) groups is 1. The van der Waals surface area contributed by atoms with Crippen molar-refractivity contribution in [2.45, 2.75) is 71.8 Å². The van der Waals surface area contributed by atoms with Crippen molar-refractivity contribution in [2.75, 3.05) is 36.7 Å². The van der Waals surface area contributed by atoms with Gasteiger partial charge < -0.3 is 10.2 Å². The lowest BCUT2D eigenvalue weighted by Crippen LogP contribution is -2.40. The highest BCUT2D eigenvalue weighted by Crippen LogP contribution is 2.22. The molecule has 0 saturated carbocycles. The second kappa shape index (κ2) is 11.7. The van der Waals surface area contributed by atoms with Gasteiger partial charge in [0.05, 0.1) is 11.9 Å². The Morgan fingerprint density at radius 2 is 1.87 bits per heavy atom. The number of piperidine rings is 1. The molecule has 0 radical (unpaired) electrons. The predicted molar refractivity (Wildman–Crippen MR) is 124 cm³/mol. The SMILES string of the molecule is CC[C@@H]1CCCCN1CCCNC(=O)CCCN(c1cc(C)cc(C)c1)S(C)(=O)=O. The Morgan fingerprint density at radius 3 is 2.50 bits per heavy atom. The summed E-state index contributed by atoms with van der Waals surface area (Å²) in [6.45, 7) is 9.36. The maximum atomic E-state index is 12.3. The maximum Gasteiger partial charge on any atom is 0.232 e. The molecule has 1 saturated heterocycles. The lowest BCUT2D eigenvalue weighted by molar-refractivity contribution is -0.121. The molecule has 170 valence electrons. The topological polar surface area (TPSA) is 69.7 Å². The number of rotatable bonds is 11. The molecule has 0 aliphatic carbocycles. The lowest BCUT2D eigenvalue weighted by Gasteiger charge is -2.35. The first-order chi connectivity index (χ1) is 14.2. The average molecular weight is 438 g/mol. The van der Waals surface area contributed by atoms with Crippen LogP contribution in [-0.4, -0.2) is 57.7 Å². The van der Waals surface area contributed by atoms with Crippen molar-refractivity contribution in [3.63, 3.8) is 0 Å². The zero-order valence-electron chi connectivity index (χ0n) is 19.1. The van der Waals surface area contributed by atoms with Crippen molar-refractivity contribution >= 4 is 21.6 Å². The van der Waals surface area contributed by atoms with Gasteiger partial charge in [0, 0.05) is 32.1 Å². The van der Waals surface area contributed by atoms with Crippen LogP contribution in [0.3, 0.4) is 0 Å². The van der Waals surface area contributed by atoms with Crippen LogP contribution in [0, 0.1) is 13.8 Å². The number of likely N-dealkylation sites (tertiary alicyclic amines) is 1. The molecular weight excluding hydrogens is 398 g/mol. The Labute approximate surface area is 183 Å². The zero-order chi connectivity index (χ0) is 22.1. The molecule has 7 heteroatoms. The van der Waals surface area contributed by atoms with Crippen LogP contribution in [0.25, 0.3) is 0 Å². The molecule has 1 fully saturated rings. The number of sulfonamides is 1. The van der Waals surface area contributed by atoms with Crippen molar-refractivity contribution in [3.05, 3.63) is 29.3 Å². The van der Waals surface area contributed by atoms with Gasteiger partial charge in [-0.05, 0) is 75.8 Å². The molecule has 1 aliphatic rings. The van der Waals surface area contributed by atoms with Gasteiger partial charge in [0.1, 0.15) is 0 Å². The Balaban J connectivity index is 1.75. The van der Waals surface area contributed by atoms with Crippen LogP contribution in [0.2, 0.25) is 0 Å². The summed E-state index contributed by atoms with van der Waals surface area (Å²) in [4.78, 5) is 14.8. The van der Waals surface area contributed by atoms with E-state index in [0.717, 1.165) is 24.1 Å². The molecular formula is C23H39N3O3S. The number of nitrogens with zero attached hydrogens (tertiary/aromatic N) is 2. The molecule has 0 bridgehead atoms. The van der Waals surface area contributed by atoms with Crippen LogP contribution in [0.15, 0.2) is 18.2 Å². The molecule has 30 heavy (non-hydrogen) atoms. The Bertz CT molecular complexity index is 775. The summed E-state index contributed by atoms with van der Waals surface area (Å²) in [6.07, 6.45) is 8.10. The highest BCUT2D eigenvalue weighted by molar-refractivity contribution is 7.92. The van der Waals surface area contributed by atoms with Gasteiger partial charge in [0.25, 0.3) is 0 Å². The van der Waals surface area contributed by atoms with Gasteiger partial charge in [-0.3, -0.25) is 9.10 Å². The summed E-state index contributed by atoms with van der Waals surface area (Å²) in [5.41, 5.74) is 2.72. The maximum absolute atomic E-state index is 12.3. The smallest absolute Gasteiger partial charge is 0.232 e. The third-order valence-electron chi connectivity index (χ3n) is 5.82. The fraction of sp³-hybridized carbons (Fsp3) is 0.696. The number of anilines is 1. The third kappa shape index (κ3) is 7.91. The van der Waals surface area contributed by atoms with E-state index in [9.17, 15) is 13.2 Å². The Hall–Kier alpha value is -1.60. The van der Waals surface area contributed by atoms with Gasteiger partial charge in [-0.15, -0.1) is 0 Å². The number of amides is 1. The minimum atomic E-state index is -3.39. The van der Waals surface area contributed by atoms with Crippen LogP contribution < -0.4 is 9.62 Å². The molecule has 6 nitrogen and oxygen atoms in total. The van der Waals surface area contributed by atoms with E-state index < -0.39 is 10.0 Å². The predicted octanol–water partition coefficient (Wildman–Crippen LogP) is 3.62.